The van der Waals surface area contributed by atoms with Crippen LogP contribution in [0.25, 0.3) is 0 Å². The van der Waals surface area contributed by atoms with E-state index in [0.29, 0.717) is 4.74 Å². The van der Waals surface area contributed by atoms with Gasteiger partial charge in [0.05, 0.1) is 0 Å². The number of hydrogen-bond donors (Lipinski definition) is 0. The normalized spacial score (nSPS) is 6.11. The van der Waals surface area contributed by atoms with Gasteiger partial charge >= 0.3 is 32.6 Å². The van der Waals surface area contributed by atoms with Crippen LogP contribution in [0.3, 0.4) is 0 Å². The summed E-state index contributed by atoms with van der Waals surface area (Å²) in [6.07, 6.45) is 0. The van der Waals surface area contributed by atoms with Gasteiger partial charge < -0.3 is 10.2 Å². The molecule has 4 heteroatoms. The van der Waals surface area contributed by atoms with E-state index in [4.69, 9.17) is 21.8 Å². The summed E-state index contributed by atoms with van der Waals surface area (Å²) in [6, 6.07) is 0. The molecule has 0 bridgehead atoms. The summed E-state index contributed by atoms with van der Waals surface area (Å²) < 4.78 is 0.639. The van der Waals surface area contributed by atoms with Gasteiger partial charge in [0.2, 0.25) is 0 Å². The summed E-state index contributed by atoms with van der Waals surface area (Å²) in [6.45, 7) is 3.14. The predicted octanol–water partition coefficient (Wildman–Crippen LogP) is -0.916. The minimum atomic E-state index is 0. The minimum absolute atomic E-state index is 0. The van der Waals surface area contributed by atoms with E-state index in [9.17, 15) is 0 Å². The van der Waals surface area contributed by atoms with Crippen molar-refractivity contribution in [3.8, 4) is 0 Å². The fraction of sp³-hybridized carbons (Fsp3) is 1.00. The molecule has 0 radical (unpaired) electrons. The predicted molar refractivity (Wildman–Crippen MR) is 37.6 cm³/mol. The van der Waals surface area contributed by atoms with Crippen molar-refractivity contribution in [3.63, 3.8) is 0 Å². The van der Waals surface area contributed by atoms with Crippen LogP contribution in [0.4, 0.5) is 0 Å². The van der Waals surface area contributed by atoms with E-state index in [1.165, 1.54) is 0 Å². The molecule has 0 saturated carbocycles. The van der Waals surface area contributed by atoms with Gasteiger partial charge in [0, 0.05) is 0 Å². The zero-order valence-corrected chi connectivity index (χ0v) is 7.80. The zero-order chi connectivity index (χ0) is 8.12. The molecule has 2 nitrogen and oxygen atoms in total. The third-order valence-electron chi connectivity index (χ3n) is 0. The Kier molecular flexibility index (Phi) is 68.1. The first-order valence-corrected chi connectivity index (χ1v) is 4.02. The molecule has 54 valence electrons. The molecule has 0 spiro atoms. The third kappa shape index (κ3) is 721. The quantitative estimate of drug-likeness (QED) is 0.345. The summed E-state index contributed by atoms with van der Waals surface area (Å²) in [5.41, 5.74) is 0. The maximum absolute atomic E-state index is 8.93. The molecule has 0 fully saturated rings. The summed E-state index contributed by atoms with van der Waals surface area (Å²) in [5, 5.41) is 17.9. The average Bonchev–Trinajstić information content (AvgIpc) is 1.70. The molecule has 0 aliphatic heterocycles. The summed E-state index contributed by atoms with van der Waals surface area (Å²) in [7, 11) is 0. The maximum atomic E-state index is 8.93. The van der Waals surface area contributed by atoms with Crippen molar-refractivity contribution >= 4 is 27.9 Å². The molecule has 0 atom stereocenters. The fourth-order valence-electron chi connectivity index (χ4n) is 0. The topological polar surface area (TPSA) is 46.1 Å². The molecular formula is C5H12AlClO2. The first kappa shape index (κ1) is 16.4. The van der Waals surface area contributed by atoms with E-state index in [-0.39, 0.29) is 13.2 Å². The van der Waals surface area contributed by atoms with Crippen molar-refractivity contribution in [1.29, 1.82) is 0 Å². The van der Waals surface area contributed by atoms with E-state index in [1.54, 1.807) is 13.8 Å². The number of halogens is 1. The summed E-state index contributed by atoms with van der Waals surface area (Å²) in [4.78, 5) is 0. The van der Waals surface area contributed by atoms with Crippen molar-refractivity contribution in [2.24, 2.45) is 0 Å². The first-order valence-electron chi connectivity index (χ1n) is 2.67. The second-order valence-electron chi connectivity index (χ2n) is 0.732. The molecule has 0 aromatic heterocycles. The monoisotopic (exact) mass is 166 g/mol. The van der Waals surface area contributed by atoms with Crippen LogP contribution in [0, 0.1) is 0 Å². The van der Waals surface area contributed by atoms with Gasteiger partial charge in [-0.1, -0.05) is 13.8 Å². The third-order valence-corrected chi connectivity index (χ3v) is 0. The fourth-order valence-corrected chi connectivity index (χ4v) is 0. The van der Waals surface area contributed by atoms with Crippen LogP contribution in [0.1, 0.15) is 13.8 Å². The number of alkyl halides is 1. The Labute approximate surface area is 70.3 Å². The van der Waals surface area contributed by atoms with Crippen LogP contribution in [0.15, 0.2) is 0 Å². The van der Waals surface area contributed by atoms with E-state index in [2.05, 4.69) is 16.3 Å². The van der Waals surface area contributed by atoms with E-state index >= 15 is 0 Å². The Balaban J connectivity index is -0.0000000600. The van der Waals surface area contributed by atoms with Gasteiger partial charge in [0.1, 0.15) is 0 Å². The van der Waals surface area contributed by atoms with Crippen molar-refractivity contribution < 1.29 is 10.2 Å². The van der Waals surface area contributed by atoms with Crippen LogP contribution < -0.4 is 10.2 Å². The van der Waals surface area contributed by atoms with Gasteiger partial charge in [-0.05, 0) is 0 Å². The number of rotatable bonds is 0. The van der Waals surface area contributed by atoms with Crippen molar-refractivity contribution in [3.05, 3.63) is 0 Å². The van der Waals surface area contributed by atoms with Crippen LogP contribution in [0.5, 0.6) is 0 Å². The molecule has 0 aliphatic carbocycles. The standard InChI is InChI=1S/2C2H5O.CH2Cl.Al/c2*1-2-3;1-2;/h2*2H2,1H3;1H2;/q2*-1;;+2. The van der Waals surface area contributed by atoms with E-state index < -0.39 is 0 Å². The second-order valence-corrected chi connectivity index (χ2v) is 1.97. The van der Waals surface area contributed by atoms with Gasteiger partial charge in [-0.3, -0.25) is 0 Å². The molecule has 9 heavy (non-hydrogen) atoms. The summed E-state index contributed by atoms with van der Waals surface area (Å²) >= 11 is 7.31. The molecule has 0 heterocycles. The van der Waals surface area contributed by atoms with Crippen LogP contribution in [-0.2, 0) is 0 Å². The van der Waals surface area contributed by atoms with Crippen LogP contribution >= 0.6 is 11.6 Å². The van der Waals surface area contributed by atoms with Crippen molar-refractivity contribution in [2.75, 3.05) is 18.0 Å². The van der Waals surface area contributed by atoms with Crippen molar-refractivity contribution in [2.45, 2.75) is 13.8 Å². The Hall–Kier alpha value is 0.742. The first-order chi connectivity index (χ1) is 4.24. The Bertz CT molecular complexity index is 19.7. The molecule has 0 aliphatic rings. The molecule has 0 saturated heterocycles. The Morgan fingerprint density at radius 2 is 1.22 bits per heavy atom. The SMILES string of the molecule is CC[O-].CC[O-].[Al+2][CH2]Cl. The van der Waals surface area contributed by atoms with Gasteiger partial charge in [-0.25, -0.2) is 0 Å². The average molecular weight is 167 g/mol. The Morgan fingerprint density at radius 1 is 1.22 bits per heavy atom. The van der Waals surface area contributed by atoms with Gasteiger partial charge in [-0.2, -0.15) is 0 Å². The number of hydrogen-bond acceptors (Lipinski definition) is 2. The van der Waals surface area contributed by atoms with Crippen LogP contribution in [0.2, 0.25) is 0 Å². The molecule has 0 aromatic carbocycles. The molecular weight excluding hydrogens is 154 g/mol. The molecule has 0 unspecified atom stereocenters. The molecule has 0 aromatic rings. The second kappa shape index (κ2) is 37.4. The van der Waals surface area contributed by atoms with Gasteiger partial charge in [-0.15, -0.1) is 13.2 Å². The summed E-state index contributed by atoms with van der Waals surface area (Å²) in [5.74, 6) is 0. The van der Waals surface area contributed by atoms with E-state index in [1.807, 2.05) is 0 Å². The van der Waals surface area contributed by atoms with Crippen molar-refractivity contribution in [1.82, 2.24) is 0 Å². The van der Waals surface area contributed by atoms with E-state index in [0.717, 1.165) is 0 Å². The van der Waals surface area contributed by atoms with Crippen LogP contribution in [-0.4, -0.2) is 34.2 Å². The molecule has 0 N–H and O–H groups in total. The zero-order valence-electron chi connectivity index (χ0n) is 5.89. The molecule has 0 rings (SSSR count). The Morgan fingerprint density at radius 3 is 1.22 bits per heavy atom. The molecule has 0 amide bonds. The van der Waals surface area contributed by atoms with Gasteiger partial charge in [0.15, 0.2) is 0 Å². The van der Waals surface area contributed by atoms with Gasteiger partial charge in [0.25, 0.3) is 0 Å².